The summed E-state index contributed by atoms with van der Waals surface area (Å²) in [5.74, 6) is 0.277. The average molecular weight is 405 g/mol. The molecule has 3 heteroatoms. The van der Waals surface area contributed by atoms with Crippen LogP contribution < -0.4 is 0 Å². The van der Waals surface area contributed by atoms with E-state index < -0.39 is 0 Å². The first-order valence-electron chi connectivity index (χ1n) is 11.5. The van der Waals surface area contributed by atoms with Crippen LogP contribution in [0, 0.1) is 0 Å². The number of likely N-dealkylation sites (N-methyl/N-ethyl adjacent to an activating group) is 1. The van der Waals surface area contributed by atoms with Crippen LogP contribution in [-0.2, 0) is 9.53 Å². The van der Waals surface area contributed by atoms with E-state index in [-0.39, 0.29) is 5.97 Å². The van der Waals surface area contributed by atoms with Crippen molar-refractivity contribution in [2.24, 2.45) is 0 Å². The third-order valence-electron chi connectivity index (χ3n) is 6.69. The molecule has 0 radical (unpaired) electrons. The minimum atomic E-state index is -0.0421. The van der Waals surface area contributed by atoms with Crippen LogP contribution in [0.1, 0.15) is 68.1 Å². The number of unbranched alkanes of at least 4 members (excludes halogenated alkanes) is 3. The number of carbonyl (C=O) groups is 1. The number of nitrogens with zero attached hydrogens (tertiary/aromatic N) is 1. The van der Waals surface area contributed by atoms with Gasteiger partial charge in [-0.05, 0) is 34.3 Å². The number of ether oxygens (including phenoxy) is 1. The zero-order valence-corrected chi connectivity index (χ0v) is 18.4. The van der Waals surface area contributed by atoms with Crippen molar-refractivity contribution in [3.8, 4) is 0 Å². The molecule has 2 aliphatic rings. The maximum Gasteiger partial charge on any atom is 0.310 e. The van der Waals surface area contributed by atoms with E-state index in [0.717, 1.165) is 36.8 Å². The second-order valence-corrected chi connectivity index (χ2v) is 9.14. The Balaban J connectivity index is 1.49. The van der Waals surface area contributed by atoms with Gasteiger partial charge in [0.15, 0.2) is 0 Å². The Kier molecular flexibility index (Phi) is 6.38. The monoisotopic (exact) mass is 404 g/mol. The summed E-state index contributed by atoms with van der Waals surface area (Å²) in [6.45, 7) is 4.61. The number of carbonyl (C=O) groups excluding carboxylic acids is 1. The molecule has 0 amide bonds. The topological polar surface area (TPSA) is 26.3 Å². The number of rotatable bonds is 8. The lowest BCUT2D eigenvalue weighted by Gasteiger charge is -2.38. The molecule has 2 aromatic rings. The highest BCUT2D eigenvalue weighted by molar-refractivity contribution is 5.80. The number of hydrogen-bond donors (Lipinski definition) is 0. The largest absolute Gasteiger partial charge is 0.415 e. The molecular weight excluding hydrogens is 370 g/mol. The molecule has 1 aliphatic carbocycles. The molecule has 3 nitrogen and oxygen atoms in total. The first-order valence-corrected chi connectivity index (χ1v) is 11.5. The van der Waals surface area contributed by atoms with Crippen LogP contribution in [0.25, 0.3) is 5.57 Å². The highest BCUT2D eigenvalue weighted by atomic mass is 16.5. The van der Waals surface area contributed by atoms with Crippen molar-refractivity contribution in [1.82, 2.24) is 0 Å². The molecule has 0 saturated heterocycles. The maximum absolute atomic E-state index is 12.2. The van der Waals surface area contributed by atoms with Crippen LogP contribution in [0.15, 0.2) is 60.2 Å². The Morgan fingerprint density at radius 3 is 2.60 bits per heavy atom. The maximum atomic E-state index is 12.2. The van der Waals surface area contributed by atoms with E-state index in [1.165, 1.54) is 40.7 Å². The van der Waals surface area contributed by atoms with Crippen molar-refractivity contribution in [2.75, 3.05) is 26.9 Å². The van der Waals surface area contributed by atoms with Crippen molar-refractivity contribution >= 4 is 11.5 Å². The summed E-state index contributed by atoms with van der Waals surface area (Å²) in [6, 6.07) is 19.7. The molecule has 1 heterocycles. The van der Waals surface area contributed by atoms with Gasteiger partial charge in [-0.3, -0.25) is 9.28 Å². The van der Waals surface area contributed by atoms with Gasteiger partial charge in [0.05, 0.1) is 13.6 Å². The number of hydrogen-bond acceptors (Lipinski definition) is 2. The van der Waals surface area contributed by atoms with E-state index in [1.54, 1.807) is 0 Å². The molecule has 30 heavy (non-hydrogen) atoms. The smallest absolute Gasteiger partial charge is 0.310 e. The minimum absolute atomic E-state index is 0.0421. The molecule has 1 aliphatic heterocycles. The fourth-order valence-electron chi connectivity index (χ4n) is 5.04. The summed E-state index contributed by atoms with van der Waals surface area (Å²) in [5, 5.41) is 0. The summed E-state index contributed by atoms with van der Waals surface area (Å²) in [6.07, 6.45) is 6.03. The lowest BCUT2D eigenvalue weighted by Crippen LogP contribution is -2.50. The van der Waals surface area contributed by atoms with E-state index in [1.807, 2.05) is 0 Å². The van der Waals surface area contributed by atoms with Crippen LogP contribution >= 0.6 is 0 Å². The predicted molar refractivity (Wildman–Crippen MR) is 122 cm³/mol. The van der Waals surface area contributed by atoms with Crippen molar-refractivity contribution < 1.29 is 14.0 Å². The van der Waals surface area contributed by atoms with Gasteiger partial charge in [0.2, 0.25) is 6.73 Å². The van der Waals surface area contributed by atoms with Gasteiger partial charge in [-0.15, -0.1) is 0 Å². The molecule has 4 rings (SSSR count). The molecule has 2 aromatic carbocycles. The van der Waals surface area contributed by atoms with Gasteiger partial charge in [-0.2, -0.15) is 0 Å². The van der Waals surface area contributed by atoms with Crippen molar-refractivity contribution in [3.05, 3.63) is 76.9 Å². The summed E-state index contributed by atoms with van der Waals surface area (Å²) in [4.78, 5) is 12.2. The van der Waals surface area contributed by atoms with Gasteiger partial charge in [0.25, 0.3) is 0 Å². The Morgan fingerprint density at radius 1 is 1.03 bits per heavy atom. The quantitative estimate of drug-likeness (QED) is 0.311. The predicted octanol–water partition coefficient (Wildman–Crippen LogP) is 5.91. The van der Waals surface area contributed by atoms with Crippen molar-refractivity contribution in [1.29, 1.82) is 0 Å². The van der Waals surface area contributed by atoms with Crippen molar-refractivity contribution in [2.45, 2.75) is 51.4 Å². The Bertz CT molecular complexity index is 917. The van der Waals surface area contributed by atoms with Gasteiger partial charge < -0.3 is 4.74 Å². The fourth-order valence-corrected chi connectivity index (χ4v) is 5.04. The van der Waals surface area contributed by atoms with Gasteiger partial charge in [-0.25, -0.2) is 0 Å². The summed E-state index contributed by atoms with van der Waals surface area (Å²) in [7, 11) is 2.24. The van der Waals surface area contributed by atoms with Gasteiger partial charge in [-0.1, -0.05) is 80.8 Å². The molecule has 0 N–H and O–H groups in total. The number of benzene rings is 2. The number of fused-ring (bicyclic) bond motifs is 2. The van der Waals surface area contributed by atoms with Crippen LogP contribution in [0.2, 0.25) is 0 Å². The standard InChI is InChI=1S/C27H34NO2/c1-3-4-5-9-16-26(29)30-20-28(2)18-17-23-22-14-10-11-15-24(22)27(25(23)19-28)21-12-7-6-8-13-21/h6-8,10-15,27H,3-5,9,16-20H2,1-2H3/q+1. The van der Waals surface area contributed by atoms with E-state index >= 15 is 0 Å². The minimum Gasteiger partial charge on any atom is -0.415 e. The van der Waals surface area contributed by atoms with Crippen LogP contribution in [0.4, 0.5) is 0 Å². The van der Waals surface area contributed by atoms with Crippen molar-refractivity contribution in [3.63, 3.8) is 0 Å². The van der Waals surface area contributed by atoms with E-state index in [2.05, 4.69) is 68.6 Å². The third-order valence-corrected chi connectivity index (χ3v) is 6.69. The molecule has 2 atom stereocenters. The molecule has 158 valence electrons. The van der Waals surface area contributed by atoms with Crippen LogP contribution in [0.3, 0.4) is 0 Å². The molecule has 0 fully saturated rings. The SMILES string of the molecule is CCCCCCC(=O)OC[N+]1(C)CCC2=C(C1)C(c1ccccc1)c1ccccc12. The second kappa shape index (κ2) is 9.18. The number of esters is 1. The Morgan fingerprint density at radius 2 is 1.80 bits per heavy atom. The molecule has 0 bridgehead atoms. The first kappa shape index (κ1) is 20.9. The average Bonchev–Trinajstić information content (AvgIpc) is 3.09. The lowest BCUT2D eigenvalue weighted by atomic mass is 9.87. The molecule has 0 aromatic heterocycles. The second-order valence-electron chi connectivity index (χ2n) is 9.14. The summed E-state index contributed by atoms with van der Waals surface area (Å²) in [5.41, 5.74) is 7.22. The van der Waals surface area contributed by atoms with E-state index in [4.69, 9.17) is 4.74 Å². The third kappa shape index (κ3) is 4.37. The Hall–Kier alpha value is -2.39. The van der Waals surface area contributed by atoms with Gasteiger partial charge in [0.1, 0.15) is 6.54 Å². The molecular formula is C27H34NO2+. The zero-order valence-electron chi connectivity index (χ0n) is 18.4. The zero-order chi connectivity index (χ0) is 21.0. The van der Waals surface area contributed by atoms with E-state index in [0.29, 0.717) is 19.1 Å². The molecule has 0 saturated carbocycles. The molecule has 0 spiro atoms. The summed E-state index contributed by atoms with van der Waals surface area (Å²) >= 11 is 0. The fraction of sp³-hybridized carbons (Fsp3) is 0.444. The van der Waals surface area contributed by atoms with Crippen LogP contribution in [-0.4, -0.2) is 37.3 Å². The normalized spacial score (nSPS) is 22.5. The Labute approximate surface area is 181 Å². The first-order chi connectivity index (χ1) is 14.6. The highest BCUT2D eigenvalue weighted by Gasteiger charge is 2.41. The van der Waals surface area contributed by atoms with Gasteiger partial charge >= 0.3 is 5.97 Å². The highest BCUT2D eigenvalue weighted by Crippen LogP contribution is 2.49. The van der Waals surface area contributed by atoms with Gasteiger partial charge in [0, 0.05) is 18.8 Å². The number of quaternary nitrogens is 1. The molecule has 2 unspecified atom stereocenters. The van der Waals surface area contributed by atoms with Crippen LogP contribution in [0.5, 0.6) is 0 Å². The lowest BCUT2D eigenvalue weighted by molar-refractivity contribution is -0.922. The van der Waals surface area contributed by atoms with E-state index in [9.17, 15) is 4.79 Å². The summed E-state index contributed by atoms with van der Waals surface area (Å²) < 4.78 is 6.52.